The van der Waals surface area contributed by atoms with Crippen LogP contribution in [0.3, 0.4) is 0 Å². The molecule has 0 aliphatic carbocycles. The van der Waals surface area contributed by atoms with Gasteiger partial charge in [-0.05, 0) is 18.6 Å². The fourth-order valence-corrected chi connectivity index (χ4v) is 1.39. The topological polar surface area (TPSA) is 42.4 Å². The van der Waals surface area contributed by atoms with Gasteiger partial charge in [0.1, 0.15) is 0 Å². The normalized spacial score (nSPS) is 15.1. The SMILES string of the molecule is CCC(O)(COC)Cc1ccccn1. The van der Waals surface area contributed by atoms with Crippen molar-refractivity contribution < 1.29 is 9.84 Å². The Labute approximate surface area is 84.7 Å². The zero-order chi connectivity index (χ0) is 10.4. The number of pyridine rings is 1. The summed E-state index contributed by atoms with van der Waals surface area (Å²) in [6, 6.07) is 5.70. The summed E-state index contributed by atoms with van der Waals surface area (Å²) in [6.07, 6.45) is 2.94. The molecule has 0 bridgehead atoms. The average molecular weight is 195 g/mol. The molecule has 1 N–H and O–H groups in total. The maximum absolute atomic E-state index is 10.1. The predicted octanol–water partition coefficient (Wildman–Crippen LogP) is 1.41. The zero-order valence-electron chi connectivity index (χ0n) is 8.73. The van der Waals surface area contributed by atoms with Crippen LogP contribution in [-0.2, 0) is 11.2 Å². The maximum atomic E-state index is 10.1. The lowest BCUT2D eigenvalue weighted by Crippen LogP contribution is -2.36. The van der Waals surface area contributed by atoms with E-state index in [4.69, 9.17) is 4.74 Å². The number of hydrogen-bond donors (Lipinski definition) is 1. The molecule has 0 saturated carbocycles. The molecule has 0 amide bonds. The van der Waals surface area contributed by atoms with Crippen molar-refractivity contribution in [2.75, 3.05) is 13.7 Å². The van der Waals surface area contributed by atoms with Gasteiger partial charge in [0.2, 0.25) is 0 Å². The maximum Gasteiger partial charge on any atom is 0.0932 e. The second-order valence-electron chi connectivity index (χ2n) is 3.51. The summed E-state index contributed by atoms with van der Waals surface area (Å²) in [4.78, 5) is 4.18. The third-order valence-electron chi connectivity index (χ3n) is 2.31. The van der Waals surface area contributed by atoms with E-state index in [0.29, 0.717) is 19.4 Å². The molecular weight excluding hydrogens is 178 g/mol. The van der Waals surface area contributed by atoms with Crippen molar-refractivity contribution >= 4 is 0 Å². The molecular formula is C11H17NO2. The Morgan fingerprint density at radius 1 is 1.50 bits per heavy atom. The molecule has 1 aromatic heterocycles. The van der Waals surface area contributed by atoms with Crippen LogP contribution in [0.1, 0.15) is 19.0 Å². The Hall–Kier alpha value is -0.930. The van der Waals surface area contributed by atoms with Gasteiger partial charge < -0.3 is 9.84 Å². The van der Waals surface area contributed by atoms with E-state index in [0.717, 1.165) is 5.69 Å². The Bertz CT molecular complexity index is 263. The van der Waals surface area contributed by atoms with Gasteiger partial charge in [-0.1, -0.05) is 13.0 Å². The summed E-state index contributed by atoms with van der Waals surface area (Å²) in [6.45, 7) is 2.29. The summed E-state index contributed by atoms with van der Waals surface area (Å²) in [5.74, 6) is 0. The van der Waals surface area contributed by atoms with Crippen molar-refractivity contribution in [1.82, 2.24) is 4.98 Å². The van der Waals surface area contributed by atoms with Crippen molar-refractivity contribution in [3.63, 3.8) is 0 Å². The second-order valence-corrected chi connectivity index (χ2v) is 3.51. The first kappa shape index (κ1) is 11.1. The molecule has 0 aliphatic heterocycles. The van der Waals surface area contributed by atoms with Gasteiger partial charge in [-0.25, -0.2) is 0 Å². The molecule has 14 heavy (non-hydrogen) atoms. The predicted molar refractivity (Wildman–Crippen MR) is 55.1 cm³/mol. The third-order valence-corrected chi connectivity index (χ3v) is 2.31. The van der Waals surface area contributed by atoms with E-state index >= 15 is 0 Å². The van der Waals surface area contributed by atoms with E-state index in [1.165, 1.54) is 0 Å². The summed E-state index contributed by atoms with van der Waals surface area (Å²) in [7, 11) is 1.60. The van der Waals surface area contributed by atoms with Gasteiger partial charge in [-0.15, -0.1) is 0 Å². The van der Waals surface area contributed by atoms with Crippen LogP contribution in [-0.4, -0.2) is 29.4 Å². The fourth-order valence-electron chi connectivity index (χ4n) is 1.39. The molecule has 1 rings (SSSR count). The van der Waals surface area contributed by atoms with Crippen molar-refractivity contribution in [3.05, 3.63) is 30.1 Å². The lowest BCUT2D eigenvalue weighted by atomic mass is 9.95. The Morgan fingerprint density at radius 3 is 2.79 bits per heavy atom. The van der Waals surface area contributed by atoms with Crippen LogP contribution in [0.2, 0.25) is 0 Å². The Balaban J connectivity index is 2.65. The summed E-state index contributed by atoms with van der Waals surface area (Å²) in [5, 5.41) is 10.1. The number of hydrogen-bond acceptors (Lipinski definition) is 3. The van der Waals surface area contributed by atoms with Crippen molar-refractivity contribution in [2.24, 2.45) is 0 Å². The Kier molecular flexibility index (Phi) is 4.04. The highest BCUT2D eigenvalue weighted by molar-refractivity contribution is 5.07. The molecule has 1 heterocycles. The molecule has 0 radical (unpaired) electrons. The molecule has 1 atom stereocenters. The molecule has 0 fully saturated rings. The lowest BCUT2D eigenvalue weighted by molar-refractivity contribution is -0.0339. The minimum Gasteiger partial charge on any atom is -0.387 e. The standard InChI is InChI=1S/C11H17NO2/c1-3-11(13,9-14-2)8-10-6-4-5-7-12-10/h4-7,13H,3,8-9H2,1-2H3. The van der Waals surface area contributed by atoms with Gasteiger partial charge in [0.05, 0.1) is 12.2 Å². The first-order chi connectivity index (χ1) is 6.70. The van der Waals surface area contributed by atoms with Crippen LogP contribution < -0.4 is 0 Å². The number of ether oxygens (including phenoxy) is 1. The van der Waals surface area contributed by atoms with Crippen LogP contribution in [0.5, 0.6) is 0 Å². The summed E-state index contributed by atoms with van der Waals surface area (Å²) in [5.41, 5.74) is 0.109. The van der Waals surface area contributed by atoms with Crippen LogP contribution in [0.4, 0.5) is 0 Å². The molecule has 0 saturated heterocycles. The van der Waals surface area contributed by atoms with E-state index in [1.807, 2.05) is 25.1 Å². The second kappa shape index (κ2) is 5.08. The first-order valence-corrected chi connectivity index (χ1v) is 4.81. The van der Waals surface area contributed by atoms with Gasteiger partial charge in [0, 0.05) is 25.4 Å². The first-order valence-electron chi connectivity index (χ1n) is 4.81. The molecule has 0 aromatic carbocycles. The molecule has 3 nitrogen and oxygen atoms in total. The quantitative estimate of drug-likeness (QED) is 0.772. The molecule has 0 spiro atoms. The van der Waals surface area contributed by atoms with E-state index in [1.54, 1.807) is 13.3 Å². The number of methoxy groups -OCH3 is 1. The van der Waals surface area contributed by atoms with Crippen LogP contribution >= 0.6 is 0 Å². The van der Waals surface area contributed by atoms with Gasteiger partial charge in [0.15, 0.2) is 0 Å². The van der Waals surface area contributed by atoms with Crippen LogP contribution in [0.25, 0.3) is 0 Å². The monoisotopic (exact) mass is 195 g/mol. The molecule has 0 aliphatic rings. The van der Waals surface area contributed by atoms with E-state index in [2.05, 4.69) is 4.98 Å². The number of rotatable bonds is 5. The van der Waals surface area contributed by atoms with E-state index < -0.39 is 5.60 Å². The van der Waals surface area contributed by atoms with Gasteiger partial charge in [-0.2, -0.15) is 0 Å². The fraction of sp³-hybridized carbons (Fsp3) is 0.545. The highest BCUT2D eigenvalue weighted by atomic mass is 16.5. The smallest absolute Gasteiger partial charge is 0.0932 e. The minimum absolute atomic E-state index is 0.347. The molecule has 1 aromatic rings. The number of aliphatic hydroxyl groups is 1. The number of nitrogens with zero attached hydrogens (tertiary/aromatic N) is 1. The molecule has 3 heteroatoms. The number of aromatic nitrogens is 1. The Morgan fingerprint density at radius 2 is 2.29 bits per heavy atom. The summed E-state index contributed by atoms with van der Waals surface area (Å²) >= 11 is 0. The largest absolute Gasteiger partial charge is 0.387 e. The highest BCUT2D eigenvalue weighted by Crippen LogP contribution is 2.16. The summed E-state index contributed by atoms with van der Waals surface area (Å²) < 4.78 is 4.99. The van der Waals surface area contributed by atoms with Crippen LogP contribution in [0.15, 0.2) is 24.4 Å². The molecule has 78 valence electrons. The van der Waals surface area contributed by atoms with Crippen molar-refractivity contribution in [2.45, 2.75) is 25.4 Å². The van der Waals surface area contributed by atoms with Crippen molar-refractivity contribution in [3.8, 4) is 0 Å². The minimum atomic E-state index is -0.789. The third kappa shape index (κ3) is 3.09. The van der Waals surface area contributed by atoms with Crippen LogP contribution in [0, 0.1) is 0 Å². The van der Waals surface area contributed by atoms with Gasteiger partial charge in [0.25, 0.3) is 0 Å². The highest BCUT2D eigenvalue weighted by Gasteiger charge is 2.25. The van der Waals surface area contributed by atoms with Crippen molar-refractivity contribution in [1.29, 1.82) is 0 Å². The lowest BCUT2D eigenvalue weighted by Gasteiger charge is -2.25. The van der Waals surface area contributed by atoms with Gasteiger partial charge >= 0.3 is 0 Å². The average Bonchev–Trinajstić information content (AvgIpc) is 2.20. The van der Waals surface area contributed by atoms with E-state index in [-0.39, 0.29) is 0 Å². The van der Waals surface area contributed by atoms with Gasteiger partial charge in [-0.3, -0.25) is 4.98 Å². The zero-order valence-corrected chi connectivity index (χ0v) is 8.73. The molecule has 1 unspecified atom stereocenters. The van der Waals surface area contributed by atoms with E-state index in [9.17, 15) is 5.11 Å².